The number of halogens is 2. The van der Waals surface area contributed by atoms with Crippen LogP contribution >= 0.6 is 27.5 Å². The summed E-state index contributed by atoms with van der Waals surface area (Å²) in [4.78, 5) is 2.46. The van der Waals surface area contributed by atoms with Crippen LogP contribution < -0.4 is 4.90 Å². The molecule has 1 heterocycles. The summed E-state index contributed by atoms with van der Waals surface area (Å²) in [6, 6.07) is 6.42. The van der Waals surface area contributed by atoms with E-state index in [0.717, 1.165) is 5.92 Å². The summed E-state index contributed by atoms with van der Waals surface area (Å²) in [5.41, 5.74) is 2.48. The van der Waals surface area contributed by atoms with Gasteiger partial charge in [0.2, 0.25) is 0 Å². The summed E-state index contributed by atoms with van der Waals surface area (Å²) in [6.45, 7) is 4.67. The number of anilines is 1. The molecule has 0 N–H and O–H groups in total. The molecule has 2 rings (SSSR count). The lowest BCUT2D eigenvalue weighted by Crippen LogP contribution is -2.32. The molecule has 0 bridgehead atoms. The van der Waals surface area contributed by atoms with E-state index in [1.807, 2.05) is 0 Å². The maximum Gasteiger partial charge on any atom is 0.0510 e. The average Bonchev–Trinajstić information content (AvgIpc) is 2.30. The average molecular weight is 303 g/mol. The minimum atomic E-state index is 0.579. The third-order valence-corrected chi connectivity index (χ3v) is 4.23. The Labute approximate surface area is 111 Å². The van der Waals surface area contributed by atoms with Crippen molar-refractivity contribution in [2.24, 2.45) is 5.92 Å². The van der Waals surface area contributed by atoms with Crippen molar-refractivity contribution in [2.75, 3.05) is 18.0 Å². The van der Waals surface area contributed by atoms with Gasteiger partial charge in [0.15, 0.2) is 0 Å². The minimum absolute atomic E-state index is 0.579. The number of nitrogens with zero attached hydrogens (tertiary/aromatic N) is 1. The molecule has 0 amide bonds. The first-order valence-corrected chi connectivity index (χ1v) is 7.13. The minimum Gasteiger partial charge on any atom is -0.371 e. The van der Waals surface area contributed by atoms with E-state index in [2.05, 4.69) is 46.0 Å². The highest BCUT2D eigenvalue weighted by atomic mass is 79.9. The molecule has 0 radical (unpaired) electrons. The largest absolute Gasteiger partial charge is 0.371 e. The molecule has 1 aliphatic rings. The Morgan fingerprint density at radius 2 is 2.06 bits per heavy atom. The summed E-state index contributed by atoms with van der Waals surface area (Å²) in [7, 11) is 0. The summed E-state index contributed by atoms with van der Waals surface area (Å²) in [6.07, 6.45) is 2.59. The zero-order valence-electron chi connectivity index (χ0n) is 9.55. The summed E-state index contributed by atoms with van der Waals surface area (Å²) < 4.78 is 1.17. The van der Waals surface area contributed by atoms with E-state index in [4.69, 9.17) is 11.6 Å². The maximum absolute atomic E-state index is 5.82. The first-order chi connectivity index (χ1) is 7.70. The molecule has 1 aromatic rings. The van der Waals surface area contributed by atoms with Crippen LogP contribution in [0.4, 0.5) is 5.69 Å². The van der Waals surface area contributed by atoms with Crippen molar-refractivity contribution in [3.63, 3.8) is 0 Å². The molecule has 0 saturated carbocycles. The topological polar surface area (TPSA) is 3.24 Å². The Hall–Kier alpha value is -0.210. The second-order valence-electron chi connectivity index (χ2n) is 4.59. The SMILES string of the molecule is CC1CCN(c2ccc(CCl)cc2Br)CC1. The number of piperidine rings is 1. The van der Waals surface area contributed by atoms with Gasteiger partial charge in [-0.15, -0.1) is 11.6 Å². The Balaban J connectivity index is 2.14. The molecule has 0 unspecified atom stereocenters. The van der Waals surface area contributed by atoms with Gasteiger partial charge in [-0.05, 0) is 52.4 Å². The van der Waals surface area contributed by atoms with Gasteiger partial charge >= 0.3 is 0 Å². The molecule has 0 aliphatic carbocycles. The molecule has 88 valence electrons. The molecule has 1 aliphatic heterocycles. The van der Waals surface area contributed by atoms with Crippen molar-refractivity contribution in [1.82, 2.24) is 0 Å². The molecular weight excluding hydrogens is 286 g/mol. The lowest BCUT2D eigenvalue weighted by Gasteiger charge is -2.32. The van der Waals surface area contributed by atoms with Crippen LogP contribution in [0.25, 0.3) is 0 Å². The molecule has 1 aromatic carbocycles. The van der Waals surface area contributed by atoms with Gasteiger partial charge in [0.1, 0.15) is 0 Å². The lowest BCUT2D eigenvalue weighted by atomic mass is 9.99. The van der Waals surface area contributed by atoms with Gasteiger partial charge in [0.05, 0.1) is 5.69 Å². The third-order valence-electron chi connectivity index (χ3n) is 3.29. The normalized spacial score (nSPS) is 17.8. The molecule has 0 spiro atoms. The van der Waals surface area contributed by atoms with Crippen molar-refractivity contribution in [3.05, 3.63) is 28.2 Å². The quantitative estimate of drug-likeness (QED) is 0.731. The van der Waals surface area contributed by atoms with Crippen LogP contribution in [0.2, 0.25) is 0 Å². The van der Waals surface area contributed by atoms with E-state index in [1.165, 1.54) is 41.7 Å². The zero-order valence-corrected chi connectivity index (χ0v) is 11.9. The van der Waals surface area contributed by atoms with Gasteiger partial charge in [-0.25, -0.2) is 0 Å². The standard InChI is InChI=1S/C13H17BrClN/c1-10-4-6-16(7-5-10)13-3-2-11(9-15)8-12(13)14/h2-3,8,10H,4-7,9H2,1H3. The molecular formula is C13H17BrClN. The van der Waals surface area contributed by atoms with E-state index in [1.54, 1.807) is 0 Å². The fraction of sp³-hybridized carbons (Fsp3) is 0.538. The van der Waals surface area contributed by atoms with Gasteiger partial charge in [0.25, 0.3) is 0 Å². The van der Waals surface area contributed by atoms with Gasteiger partial charge in [-0.2, -0.15) is 0 Å². The number of rotatable bonds is 2. The Bertz CT molecular complexity index is 359. The number of hydrogen-bond donors (Lipinski definition) is 0. The van der Waals surface area contributed by atoms with Crippen LogP contribution in [0.1, 0.15) is 25.3 Å². The highest BCUT2D eigenvalue weighted by Gasteiger charge is 2.17. The molecule has 1 saturated heterocycles. The number of hydrogen-bond acceptors (Lipinski definition) is 1. The van der Waals surface area contributed by atoms with Crippen molar-refractivity contribution >= 4 is 33.2 Å². The highest BCUT2D eigenvalue weighted by molar-refractivity contribution is 9.10. The molecule has 0 aromatic heterocycles. The fourth-order valence-corrected chi connectivity index (χ4v) is 2.98. The van der Waals surface area contributed by atoms with Crippen LogP contribution in [0.3, 0.4) is 0 Å². The highest BCUT2D eigenvalue weighted by Crippen LogP contribution is 2.31. The van der Waals surface area contributed by atoms with Crippen molar-refractivity contribution in [2.45, 2.75) is 25.6 Å². The third kappa shape index (κ3) is 2.72. The van der Waals surface area contributed by atoms with Crippen LogP contribution in [0.5, 0.6) is 0 Å². The summed E-state index contributed by atoms with van der Waals surface area (Å²) in [5, 5.41) is 0. The van der Waals surface area contributed by atoms with Crippen molar-refractivity contribution in [1.29, 1.82) is 0 Å². The molecule has 3 heteroatoms. The zero-order chi connectivity index (χ0) is 11.5. The van der Waals surface area contributed by atoms with Gasteiger partial charge < -0.3 is 4.90 Å². The van der Waals surface area contributed by atoms with Crippen LogP contribution in [0.15, 0.2) is 22.7 Å². The van der Waals surface area contributed by atoms with E-state index in [9.17, 15) is 0 Å². The second-order valence-corrected chi connectivity index (χ2v) is 5.71. The maximum atomic E-state index is 5.82. The first-order valence-electron chi connectivity index (χ1n) is 5.80. The predicted octanol–water partition coefficient (Wildman–Crippen LogP) is 4.42. The number of alkyl halides is 1. The van der Waals surface area contributed by atoms with Crippen LogP contribution in [0, 0.1) is 5.92 Å². The van der Waals surface area contributed by atoms with Crippen molar-refractivity contribution in [3.8, 4) is 0 Å². The molecule has 16 heavy (non-hydrogen) atoms. The molecule has 1 fully saturated rings. The van der Waals surface area contributed by atoms with Gasteiger partial charge in [-0.1, -0.05) is 13.0 Å². The van der Waals surface area contributed by atoms with E-state index < -0.39 is 0 Å². The van der Waals surface area contributed by atoms with E-state index >= 15 is 0 Å². The number of benzene rings is 1. The Kier molecular flexibility index (Phi) is 4.15. The smallest absolute Gasteiger partial charge is 0.0510 e. The Morgan fingerprint density at radius 3 is 2.62 bits per heavy atom. The summed E-state index contributed by atoms with van der Waals surface area (Å²) in [5.74, 6) is 1.45. The molecule has 0 atom stereocenters. The predicted molar refractivity (Wildman–Crippen MR) is 74.3 cm³/mol. The fourth-order valence-electron chi connectivity index (χ4n) is 2.14. The second kappa shape index (κ2) is 5.42. The first kappa shape index (κ1) is 12.3. The van der Waals surface area contributed by atoms with E-state index in [0.29, 0.717) is 5.88 Å². The van der Waals surface area contributed by atoms with Crippen LogP contribution in [-0.2, 0) is 5.88 Å². The van der Waals surface area contributed by atoms with Crippen LogP contribution in [-0.4, -0.2) is 13.1 Å². The monoisotopic (exact) mass is 301 g/mol. The van der Waals surface area contributed by atoms with Gasteiger partial charge in [0, 0.05) is 23.4 Å². The van der Waals surface area contributed by atoms with Gasteiger partial charge in [-0.3, -0.25) is 0 Å². The summed E-state index contributed by atoms with van der Waals surface area (Å²) >= 11 is 9.46. The Morgan fingerprint density at radius 1 is 1.38 bits per heavy atom. The lowest BCUT2D eigenvalue weighted by molar-refractivity contribution is 0.438. The van der Waals surface area contributed by atoms with E-state index in [-0.39, 0.29) is 0 Å². The van der Waals surface area contributed by atoms with Crippen molar-refractivity contribution < 1.29 is 0 Å². The molecule has 1 nitrogen and oxygen atoms in total.